The summed E-state index contributed by atoms with van der Waals surface area (Å²) in [5, 5.41) is 11.1. The summed E-state index contributed by atoms with van der Waals surface area (Å²) in [6.45, 7) is 3.89. The third kappa shape index (κ3) is 2.63. The molecule has 0 N–H and O–H groups in total. The lowest BCUT2D eigenvalue weighted by Crippen LogP contribution is -2.44. The van der Waals surface area contributed by atoms with Gasteiger partial charge in [0.05, 0.1) is 22.9 Å². The molecule has 0 saturated carbocycles. The van der Waals surface area contributed by atoms with Crippen molar-refractivity contribution in [2.75, 3.05) is 25.1 Å². The highest BCUT2D eigenvalue weighted by molar-refractivity contribution is 6.31. The number of hydrogen-bond donors (Lipinski definition) is 0. The normalized spacial score (nSPS) is 21.8. The second-order valence-electron chi connectivity index (χ2n) is 5.78. The molecule has 1 fully saturated rings. The SMILES string of the molecule is COC1CN(c2c(C#N)cnc3ccc(Cl)cc23)CCC1C. The second-order valence-corrected chi connectivity index (χ2v) is 6.22. The molecule has 0 amide bonds. The molecule has 0 bridgehead atoms. The number of fused-ring (bicyclic) bond motifs is 1. The molecule has 1 aliphatic rings. The molecule has 2 unspecified atom stereocenters. The van der Waals surface area contributed by atoms with Gasteiger partial charge in [-0.2, -0.15) is 5.26 Å². The lowest BCUT2D eigenvalue weighted by Gasteiger charge is -2.38. The average Bonchev–Trinajstić information content (AvgIpc) is 2.54. The predicted octanol–water partition coefficient (Wildman–Crippen LogP) is 3.62. The first-order valence-electron chi connectivity index (χ1n) is 7.40. The van der Waals surface area contributed by atoms with Crippen LogP contribution >= 0.6 is 11.6 Å². The van der Waals surface area contributed by atoms with E-state index in [-0.39, 0.29) is 6.10 Å². The molecule has 0 spiro atoms. The van der Waals surface area contributed by atoms with Crippen LogP contribution in [-0.2, 0) is 4.74 Å². The summed E-state index contributed by atoms with van der Waals surface area (Å²) in [5.41, 5.74) is 2.36. The monoisotopic (exact) mass is 315 g/mol. The zero-order valence-corrected chi connectivity index (χ0v) is 13.5. The van der Waals surface area contributed by atoms with Crippen molar-refractivity contribution in [2.45, 2.75) is 19.4 Å². The van der Waals surface area contributed by atoms with Crippen molar-refractivity contribution in [3.8, 4) is 6.07 Å². The molecular formula is C17H18ClN3O. The highest BCUT2D eigenvalue weighted by Gasteiger charge is 2.28. The van der Waals surface area contributed by atoms with E-state index in [0.29, 0.717) is 16.5 Å². The van der Waals surface area contributed by atoms with E-state index >= 15 is 0 Å². The quantitative estimate of drug-likeness (QED) is 0.849. The van der Waals surface area contributed by atoms with Crippen LogP contribution in [0.3, 0.4) is 0 Å². The molecule has 1 aromatic heterocycles. The van der Waals surface area contributed by atoms with Gasteiger partial charge in [-0.1, -0.05) is 18.5 Å². The molecule has 3 rings (SSSR count). The van der Waals surface area contributed by atoms with E-state index in [1.165, 1.54) is 0 Å². The predicted molar refractivity (Wildman–Crippen MR) is 88.3 cm³/mol. The van der Waals surface area contributed by atoms with Gasteiger partial charge < -0.3 is 9.64 Å². The summed E-state index contributed by atoms with van der Waals surface area (Å²) in [6.07, 6.45) is 2.85. The number of halogens is 1. The van der Waals surface area contributed by atoms with Crippen LogP contribution in [0.5, 0.6) is 0 Å². The van der Waals surface area contributed by atoms with Gasteiger partial charge >= 0.3 is 0 Å². The van der Waals surface area contributed by atoms with Crippen LogP contribution < -0.4 is 4.90 Å². The van der Waals surface area contributed by atoms with Gasteiger partial charge in [0, 0.05) is 36.8 Å². The Labute approximate surface area is 135 Å². The Kier molecular flexibility index (Phi) is 4.19. The van der Waals surface area contributed by atoms with Crippen LogP contribution in [0.2, 0.25) is 5.02 Å². The van der Waals surface area contributed by atoms with E-state index in [4.69, 9.17) is 16.3 Å². The molecule has 0 aliphatic carbocycles. The number of methoxy groups -OCH3 is 1. The number of aromatic nitrogens is 1. The number of nitriles is 1. The van der Waals surface area contributed by atoms with Crippen molar-refractivity contribution in [1.29, 1.82) is 5.26 Å². The van der Waals surface area contributed by atoms with Crippen LogP contribution in [0.4, 0.5) is 5.69 Å². The second kappa shape index (κ2) is 6.12. The highest BCUT2D eigenvalue weighted by atomic mass is 35.5. The zero-order valence-electron chi connectivity index (χ0n) is 12.7. The maximum Gasteiger partial charge on any atom is 0.103 e. The molecule has 5 heteroatoms. The average molecular weight is 316 g/mol. The van der Waals surface area contributed by atoms with E-state index in [0.717, 1.165) is 36.1 Å². The first-order valence-corrected chi connectivity index (χ1v) is 7.78. The Morgan fingerprint density at radius 3 is 3.00 bits per heavy atom. The number of ether oxygens (including phenoxy) is 1. The van der Waals surface area contributed by atoms with Crippen LogP contribution in [0.15, 0.2) is 24.4 Å². The number of pyridine rings is 1. The lowest BCUT2D eigenvalue weighted by molar-refractivity contribution is 0.0499. The zero-order chi connectivity index (χ0) is 15.7. The molecule has 2 heterocycles. The van der Waals surface area contributed by atoms with Crippen molar-refractivity contribution in [2.24, 2.45) is 5.92 Å². The van der Waals surface area contributed by atoms with E-state index in [1.54, 1.807) is 13.3 Å². The van der Waals surface area contributed by atoms with Crippen molar-refractivity contribution in [1.82, 2.24) is 4.98 Å². The van der Waals surface area contributed by atoms with Crippen LogP contribution in [-0.4, -0.2) is 31.3 Å². The number of rotatable bonds is 2. The Balaban J connectivity index is 2.12. The summed E-state index contributed by atoms with van der Waals surface area (Å²) in [4.78, 5) is 6.59. The van der Waals surface area contributed by atoms with Gasteiger partial charge in [0.2, 0.25) is 0 Å². The topological polar surface area (TPSA) is 49.1 Å². The van der Waals surface area contributed by atoms with Gasteiger partial charge in [-0.3, -0.25) is 4.98 Å². The maximum absolute atomic E-state index is 9.47. The minimum absolute atomic E-state index is 0.169. The fourth-order valence-corrected chi connectivity index (χ4v) is 3.29. The highest BCUT2D eigenvalue weighted by Crippen LogP contribution is 2.34. The van der Waals surface area contributed by atoms with Crippen molar-refractivity contribution in [3.05, 3.63) is 35.0 Å². The van der Waals surface area contributed by atoms with Gasteiger partial charge in [-0.25, -0.2) is 0 Å². The van der Waals surface area contributed by atoms with Crippen LogP contribution in [0.1, 0.15) is 18.9 Å². The minimum atomic E-state index is 0.169. The summed E-state index contributed by atoms with van der Waals surface area (Å²) < 4.78 is 5.60. The number of piperidine rings is 1. The standard InChI is InChI=1S/C17H18ClN3O/c1-11-5-6-21(10-16(11)22-2)17-12(8-19)9-20-15-4-3-13(18)7-14(15)17/h3-4,7,9,11,16H,5-6,10H2,1-2H3. The number of benzene rings is 1. The number of hydrogen-bond acceptors (Lipinski definition) is 4. The van der Waals surface area contributed by atoms with Gasteiger partial charge in [0.25, 0.3) is 0 Å². The number of anilines is 1. The molecule has 0 radical (unpaired) electrons. The molecule has 4 nitrogen and oxygen atoms in total. The molecule has 1 saturated heterocycles. The van der Waals surface area contributed by atoms with Gasteiger partial charge in [-0.05, 0) is 30.5 Å². The third-order valence-corrected chi connectivity index (χ3v) is 4.67. The van der Waals surface area contributed by atoms with E-state index in [1.807, 2.05) is 18.2 Å². The minimum Gasteiger partial charge on any atom is -0.379 e. The molecule has 22 heavy (non-hydrogen) atoms. The molecule has 2 atom stereocenters. The Bertz CT molecular complexity index is 740. The maximum atomic E-state index is 9.47. The Morgan fingerprint density at radius 1 is 1.45 bits per heavy atom. The first kappa shape index (κ1) is 15.1. The first-order chi connectivity index (χ1) is 10.6. The molecule has 2 aromatic rings. The van der Waals surface area contributed by atoms with Crippen molar-refractivity contribution < 1.29 is 4.74 Å². The summed E-state index contributed by atoms with van der Waals surface area (Å²) in [6, 6.07) is 7.86. The molecule has 1 aliphatic heterocycles. The Morgan fingerprint density at radius 2 is 2.27 bits per heavy atom. The van der Waals surface area contributed by atoms with E-state index in [2.05, 4.69) is 22.9 Å². The van der Waals surface area contributed by atoms with Gasteiger partial charge in [-0.15, -0.1) is 0 Å². The molecule has 114 valence electrons. The smallest absolute Gasteiger partial charge is 0.103 e. The van der Waals surface area contributed by atoms with Gasteiger partial charge in [0.15, 0.2) is 0 Å². The van der Waals surface area contributed by atoms with Crippen molar-refractivity contribution >= 4 is 28.2 Å². The molecule has 1 aromatic carbocycles. The molecular weight excluding hydrogens is 298 g/mol. The largest absolute Gasteiger partial charge is 0.379 e. The van der Waals surface area contributed by atoms with Crippen molar-refractivity contribution in [3.63, 3.8) is 0 Å². The van der Waals surface area contributed by atoms with E-state index in [9.17, 15) is 5.26 Å². The lowest BCUT2D eigenvalue weighted by atomic mass is 9.94. The summed E-state index contributed by atoms with van der Waals surface area (Å²) in [7, 11) is 1.75. The summed E-state index contributed by atoms with van der Waals surface area (Å²) >= 11 is 6.15. The third-order valence-electron chi connectivity index (χ3n) is 4.43. The van der Waals surface area contributed by atoms with E-state index < -0.39 is 0 Å². The fourth-order valence-electron chi connectivity index (χ4n) is 3.12. The fraction of sp³-hybridized carbons (Fsp3) is 0.412. The Hall–Kier alpha value is -1.83. The van der Waals surface area contributed by atoms with Crippen LogP contribution in [0.25, 0.3) is 10.9 Å². The van der Waals surface area contributed by atoms with Crippen LogP contribution in [0, 0.1) is 17.2 Å². The summed E-state index contributed by atoms with van der Waals surface area (Å²) in [5.74, 6) is 0.517. The van der Waals surface area contributed by atoms with Gasteiger partial charge in [0.1, 0.15) is 6.07 Å². The number of nitrogens with zero attached hydrogens (tertiary/aromatic N) is 3.